The highest BCUT2D eigenvalue weighted by atomic mass is 16.5. The first-order valence-corrected chi connectivity index (χ1v) is 5.86. The maximum Gasteiger partial charge on any atom is 0.174 e. The number of ketones is 2. The van der Waals surface area contributed by atoms with Crippen molar-refractivity contribution >= 4 is 22.5 Å². The Morgan fingerprint density at radius 3 is 2.89 bits per heavy atom. The van der Waals surface area contributed by atoms with Crippen LogP contribution >= 0.6 is 0 Å². The molecule has 0 saturated carbocycles. The van der Waals surface area contributed by atoms with E-state index in [1.807, 2.05) is 19.1 Å². The van der Waals surface area contributed by atoms with E-state index in [4.69, 9.17) is 4.42 Å². The summed E-state index contributed by atoms with van der Waals surface area (Å²) >= 11 is 0. The molecule has 1 heterocycles. The lowest BCUT2D eigenvalue weighted by Gasteiger charge is -1.99. The van der Waals surface area contributed by atoms with E-state index in [2.05, 4.69) is 4.74 Å². The van der Waals surface area contributed by atoms with Crippen LogP contribution in [0.5, 0.6) is 0 Å². The molecule has 0 N–H and O–H groups in total. The number of hydrogen-bond donors (Lipinski definition) is 0. The number of fused-ring (bicyclic) bond motifs is 1. The van der Waals surface area contributed by atoms with Gasteiger partial charge in [-0.1, -0.05) is 12.1 Å². The van der Waals surface area contributed by atoms with Crippen LogP contribution in [0.15, 0.2) is 41.0 Å². The number of para-hydroxylation sites is 1. The van der Waals surface area contributed by atoms with Crippen LogP contribution in [0.25, 0.3) is 11.0 Å². The van der Waals surface area contributed by atoms with E-state index in [0.717, 1.165) is 11.1 Å². The van der Waals surface area contributed by atoms with Crippen molar-refractivity contribution in [1.82, 2.24) is 0 Å². The molecule has 0 unspecified atom stereocenters. The highest BCUT2D eigenvalue weighted by Gasteiger charge is 2.15. The average molecular weight is 258 g/mol. The number of carbonyl (C=O) groups is 2. The fourth-order valence-electron chi connectivity index (χ4n) is 1.87. The molecule has 2 rings (SSSR count). The van der Waals surface area contributed by atoms with Gasteiger partial charge in [0.15, 0.2) is 11.6 Å². The smallest absolute Gasteiger partial charge is 0.174 e. The molecule has 0 saturated heterocycles. The highest BCUT2D eigenvalue weighted by Crippen LogP contribution is 2.23. The second kappa shape index (κ2) is 5.52. The maximum atomic E-state index is 12.1. The number of hydrogen-bond acceptors (Lipinski definition) is 4. The lowest BCUT2D eigenvalue weighted by atomic mass is 10.0. The van der Waals surface area contributed by atoms with Gasteiger partial charge in [-0.25, -0.2) is 0 Å². The Hall–Kier alpha value is -2.36. The summed E-state index contributed by atoms with van der Waals surface area (Å²) in [7, 11) is 1.44. The standard InChI is InChI=1S/C15H14O4/c1-10-8-11-4-3-5-13(15(11)19-10)14(17)9-12(16)6-7-18-2/h3-8H,9H2,1-2H3/b7-6+. The fraction of sp³-hybridized carbons (Fsp3) is 0.200. The molecule has 0 spiro atoms. The minimum Gasteiger partial charge on any atom is -0.504 e. The maximum absolute atomic E-state index is 12.1. The minimum absolute atomic E-state index is 0.196. The van der Waals surface area contributed by atoms with Gasteiger partial charge in [0.2, 0.25) is 0 Å². The van der Waals surface area contributed by atoms with Crippen molar-refractivity contribution in [3.63, 3.8) is 0 Å². The molecule has 0 radical (unpaired) electrons. The van der Waals surface area contributed by atoms with Gasteiger partial charge in [0.05, 0.1) is 25.4 Å². The lowest BCUT2D eigenvalue weighted by molar-refractivity contribution is -0.113. The summed E-state index contributed by atoms with van der Waals surface area (Å²) in [6.45, 7) is 1.82. The van der Waals surface area contributed by atoms with Crippen molar-refractivity contribution < 1.29 is 18.7 Å². The molecule has 4 heteroatoms. The van der Waals surface area contributed by atoms with Crippen molar-refractivity contribution in [2.24, 2.45) is 0 Å². The van der Waals surface area contributed by atoms with Crippen LogP contribution in [0.2, 0.25) is 0 Å². The molecular weight excluding hydrogens is 244 g/mol. The molecule has 1 aromatic heterocycles. The van der Waals surface area contributed by atoms with Gasteiger partial charge >= 0.3 is 0 Å². The summed E-state index contributed by atoms with van der Waals surface area (Å²) in [6.07, 6.45) is 2.30. The summed E-state index contributed by atoms with van der Waals surface area (Å²) in [5, 5.41) is 0.864. The van der Waals surface area contributed by atoms with Crippen molar-refractivity contribution in [2.45, 2.75) is 13.3 Å². The predicted octanol–water partition coefficient (Wildman–Crippen LogP) is 3.04. The fourth-order valence-corrected chi connectivity index (χ4v) is 1.87. The zero-order valence-corrected chi connectivity index (χ0v) is 10.8. The summed E-state index contributed by atoms with van der Waals surface area (Å²) in [5.41, 5.74) is 0.971. The van der Waals surface area contributed by atoms with E-state index in [1.165, 1.54) is 19.4 Å². The second-order valence-corrected chi connectivity index (χ2v) is 4.19. The number of Topliss-reactive ketones (excluding diaryl/α,β-unsaturated/α-hetero) is 1. The Labute approximate surface area is 110 Å². The Morgan fingerprint density at radius 1 is 1.37 bits per heavy atom. The quantitative estimate of drug-likeness (QED) is 0.358. The van der Waals surface area contributed by atoms with E-state index in [9.17, 15) is 9.59 Å². The van der Waals surface area contributed by atoms with Crippen LogP contribution in [0, 0.1) is 6.92 Å². The molecule has 0 bridgehead atoms. The van der Waals surface area contributed by atoms with Crippen LogP contribution in [-0.4, -0.2) is 18.7 Å². The van der Waals surface area contributed by atoms with E-state index < -0.39 is 0 Å². The Kier molecular flexibility index (Phi) is 3.80. The van der Waals surface area contributed by atoms with Gasteiger partial charge in [0, 0.05) is 11.5 Å². The van der Waals surface area contributed by atoms with Crippen LogP contribution < -0.4 is 0 Å². The molecule has 2 aromatic rings. The first kappa shape index (κ1) is 13.1. The van der Waals surface area contributed by atoms with Crippen LogP contribution in [0.1, 0.15) is 22.5 Å². The molecule has 0 fully saturated rings. The van der Waals surface area contributed by atoms with Crippen LogP contribution in [-0.2, 0) is 9.53 Å². The molecular formula is C15H14O4. The van der Waals surface area contributed by atoms with Gasteiger partial charge in [-0.3, -0.25) is 9.59 Å². The topological polar surface area (TPSA) is 56.5 Å². The van der Waals surface area contributed by atoms with E-state index in [0.29, 0.717) is 11.1 Å². The van der Waals surface area contributed by atoms with Crippen LogP contribution in [0.3, 0.4) is 0 Å². The summed E-state index contributed by atoms with van der Waals surface area (Å²) in [4.78, 5) is 23.6. The van der Waals surface area contributed by atoms with Crippen molar-refractivity contribution in [3.05, 3.63) is 47.9 Å². The molecule has 0 aliphatic carbocycles. The summed E-state index contributed by atoms with van der Waals surface area (Å²) < 4.78 is 10.2. The van der Waals surface area contributed by atoms with E-state index in [1.54, 1.807) is 12.1 Å². The SMILES string of the molecule is CO/C=C/C(=O)CC(=O)c1cccc2cc(C)oc12. The highest BCUT2D eigenvalue weighted by molar-refractivity contribution is 6.15. The van der Waals surface area contributed by atoms with Gasteiger partial charge in [0.25, 0.3) is 0 Å². The van der Waals surface area contributed by atoms with E-state index in [-0.39, 0.29) is 18.0 Å². The van der Waals surface area contributed by atoms with Gasteiger partial charge < -0.3 is 9.15 Å². The second-order valence-electron chi connectivity index (χ2n) is 4.19. The van der Waals surface area contributed by atoms with Gasteiger partial charge in [-0.05, 0) is 19.1 Å². The average Bonchev–Trinajstić information content (AvgIpc) is 2.75. The number of carbonyl (C=O) groups excluding carboxylic acids is 2. The van der Waals surface area contributed by atoms with Gasteiger partial charge in [-0.2, -0.15) is 0 Å². The first-order valence-electron chi connectivity index (χ1n) is 5.86. The normalized spacial score (nSPS) is 11.1. The predicted molar refractivity (Wildman–Crippen MR) is 71.1 cm³/mol. The third kappa shape index (κ3) is 2.91. The van der Waals surface area contributed by atoms with Crippen LogP contribution in [0.4, 0.5) is 0 Å². The molecule has 19 heavy (non-hydrogen) atoms. The molecule has 0 amide bonds. The number of benzene rings is 1. The molecule has 1 aromatic carbocycles. The van der Waals surface area contributed by atoms with Crippen molar-refractivity contribution in [1.29, 1.82) is 0 Å². The lowest BCUT2D eigenvalue weighted by Crippen LogP contribution is -2.06. The van der Waals surface area contributed by atoms with Gasteiger partial charge in [-0.15, -0.1) is 0 Å². The molecule has 0 aliphatic heterocycles. The number of rotatable bonds is 5. The Morgan fingerprint density at radius 2 is 2.16 bits per heavy atom. The number of allylic oxidation sites excluding steroid dienone is 1. The number of ether oxygens (including phenoxy) is 1. The zero-order valence-electron chi connectivity index (χ0n) is 10.8. The molecule has 0 atom stereocenters. The summed E-state index contributed by atoms with van der Waals surface area (Å²) in [6, 6.07) is 7.18. The summed E-state index contributed by atoms with van der Waals surface area (Å²) in [5.74, 6) is 0.179. The largest absolute Gasteiger partial charge is 0.504 e. The number of furan rings is 1. The monoisotopic (exact) mass is 258 g/mol. The molecule has 4 nitrogen and oxygen atoms in total. The van der Waals surface area contributed by atoms with Gasteiger partial charge in [0.1, 0.15) is 11.3 Å². The molecule has 98 valence electrons. The van der Waals surface area contributed by atoms with Crippen molar-refractivity contribution in [2.75, 3.05) is 7.11 Å². The zero-order chi connectivity index (χ0) is 13.8. The number of aryl methyl sites for hydroxylation is 1. The van der Waals surface area contributed by atoms with Crippen molar-refractivity contribution in [3.8, 4) is 0 Å². The minimum atomic E-state index is -0.299. The molecule has 0 aliphatic rings. The number of methoxy groups -OCH3 is 1. The third-order valence-electron chi connectivity index (χ3n) is 2.69. The van der Waals surface area contributed by atoms with E-state index >= 15 is 0 Å². The first-order chi connectivity index (χ1) is 9.11. The Bertz CT molecular complexity index is 649. The third-order valence-corrected chi connectivity index (χ3v) is 2.69. The Balaban J connectivity index is 2.26.